The quantitative estimate of drug-likeness (QED) is 0.936. The highest BCUT2D eigenvalue weighted by atomic mass is 15.2. The largest absolute Gasteiger partial charge is 0.309 e. The van der Waals surface area contributed by atoms with E-state index in [4.69, 9.17) is 0 Å². The van der Waals surface area contributed by atoms with Crippen molar-refractivity contribution < 1.29 is 0 Å². The molecule has 0 spiro atoms. The van der Waals surface area contributed by atoms with Gasteiger partial charge in [-0.25, -0.2) is 0 Å². The number of nitrogens with one attached hydrogen (secondary N) is 1. The monoisotopic (exact) mass is 281 g/mol. The second kappa shape index (κ2) is 6.83. The van der Waals surface area contributed by atoms with Gasteiger partial charge in [-0.15, -0.1) is 0 Å². The van der Waals surface area contributed by atoms with E-state index in [2.05, 4.69) is 64.6 Å². The molecule has 0 saturated carbocycles. The van der Waals surface area contributed by atoms with Crippen LogP contribution >= 0.6 is 0 Å². The van der Waals surface area contributed by atoms with Crippen molar-refractivity contribution in [1.82, 2.24) is 15.2 Å². The first-order valence-electron chi connectivity index (χ1n) is 7.77. The number of benzene rings is 1. The highest BCUT2D eigenvalue weighted by molar-refractivity contribution is 5.20. The first-order chi connectivity index (χ1) is 10.3. The van der Waals surface area contributed by atoms with Gasteiger partial charge in [-0.3, -0.25) is 9.88 Å². The van der Waals surface area contributed by atoms with Crippen molar-refractivity contribution in [3.05, 3.63) is 66.0 Å². The minimum atomic E-state index is 0.415. The molecule has 0 radical (unpaired) electrons. The summed E-state index contributed by atoms with van der Waals surface area (Å²) in [4.78, 5) is 6.70. The average molecular weight is 281 g/mol. The summed E-state index contributed by atoms with van der Waals surface area (Å²) in [5.74, 6) is 0. The molecular weight excluding hydrogens is 258 g/mol. The van der Waals surface area contributed by atoms with Crippen molar-refractivity contribution in [1.29, 1.82) is 0 Å². The Morgan fingerprint density at radius 1 is 1.14 bits per heavy atom. The van der Waals surface area contributed by atoms with Gasteiger partial charge in [-0.2, -0.15) is 0 Å². The summed E-state index contributed by atoms with van der Waals surface area (Å²) >= 11 is 0. The molecule has 3 heteroatoms. The maximum absolute atomic E-state index is 4.12. The van der Waals surface area contributed by atoms with Gasteiger partial charge in [0.2, 0.25) is 0 Å². The molecule has 1 aliphatic heterocycles. The van der Waals surface area contributed by atoms with Crippen LogP contribution in [-0.2, 0) is 0 Å². The molecule has 0 amide bonds. The van der Waals surface area contributed by atoms with E-state index in [1.807, 2.05) is 12.4 Å². The summed E-state index contributed by atoms with van der Waals surface area (Å²) in [6, 6.07) is 15.9. The summed E-state index contributed by atoms with van der Waals surface area (Å²) in [5, 5.41) is 3.68. The van der Waals surface area contributed by atoms with Crippen molar-refractivity contribution in [2.24, 2.45) is 0 Å². The van der Waals surface area contributed by atoms with Crippen LogP contribution in [0.3, 0.4) is 0 Å². The second-order valence-electron chi connectivity index (χ2n) is 5.72. The van der Waals surface area contributed by atoms with E-state index < -0.39 is 0 Å². The van der Waals surface area contributed by atoms with Crippen LogP contribution in [-0.4, -0.2) is 29.5 Å². The molecule has 2 unspecified atom stereocenters. The SMILES string of the molecule is CC(c1ccncc1)N1CCCNC(c2ccccc2)C1. The third-order valence-corrected chi connectivity index (χ3v) is 4.37. The number of hydrogen-bond donors (Lipinski definition) is 1. The zero-order valence-corrected chi connectivity index (χ0v) is 12.6. The minimum absolute atomic E-state index is 0.415. The highest BCUT2D eigenvalue weighted by Gasteiger charge is 2.23. The van der Waals surface area contributed by atoms with Crippen LogP contribution in [0.5, 0.6) is 0 Å². The fourth-order valence-electron chi connectivity index (χ4n) is 3.06. The Morgan fingerprint density at radius 2 is 1.90 bits per heavy atom. The van der Waals surface area contributed by atoms with Gasteiger partial charge in [-0.05, 0) is 43.1 Å². The van der Waals surface area contributed by atoms with Gasteiger partial charge in [0, 0.05) is 37.6 Å². The van der Waals surface area contributed by atoms with Crippen LogP contribution in [0, 0.1) is 0 Å². The van der Waals surface area contributed by atoms with Gasteiger partial charge in [0.1, 0.15) is 0 Å². The van der Waals surface area contributed by atoms with E-state index >= 15 is 0 Å². The van der Waals surface area contributed by atoms with Gasteiger partial charge in [0.25, 0.3) is 0 Å². The average Bonchev–Trinajstić information content (AvgIpc) is 2.82. The third kappa shape index (κ3) is 3.49. The van der Waals surface area contributed by atoms with E-state index in [1.165, 1.54) is 17.5 Å². The van der Waals surface area contributed by atoms with Crippen molar-refractivity contribution in [3.63, 3.8) is 0 Å². The summed E-state index contributed by atoms with van der Waals surface area (Å²) in [5.41, 5.74) is 2.73. The van der Waals surface area contributed by atoms with Gasteiger partial charge in [-0.1, -0.05) is 30.3 Å². The Labute approximate surface area is 127 Å². The molecular formula is C18H23N3. The first kappa shape index (κ1) is 14.2. The molecule has 1 aromatic carbocycles. The molecule has 3 rings (SSSR count). The van der Waals surface area contributed by atoms with Gasteiger partial charge in [0.15, 0.2) is 0 Å². The normalized spacial score (nSPS) is 21.7. The van der Waals surface area contributed by atoms with Gasteiger partial charge < -0.3 is 5.32 Å². The zero-order valence-electron chi connectivity index (χ0n) is 12.6. The van der Waals surface area contributed by atoms with Crippen molar-refractivity contribution in [2.75, 3.05) is 19.6 Å². The summed E-state index contributed by atoms with van der Waals surface area (Å²) in [6.45, 7) is 5.56. The van der Waals surface area contributed by atoms with Crippen LogP contribution in [0.25, 0.3) is 0 Å². The second-order valence-corrected chi connectivity index (χ2v) is 5.72. The van der Waals surface area contributed by atoms with Crippen molar-refractivity contribution in [2.45, 2.75) is 25.4 Å². The first-order valence-corrected chi connectivity index (χ1v) is 7.77. The number of rotatable bonds is 3. The minimum Gasteiger partial charge on any atom is -0.309 e. The maximum Gasteiger partial charge on any atom is 0.0449 e. The molecule has 1 aromatic heterocycles. The lowest BCUT2D eigenvalue weighted by atomic mass is 10.0. The lowest BCUT2D eigenvalue weighted by Gasteiger charge is -2.30. The Balaban J connectivity index is 1.76. The van der Waals surface area contributed by atoms with E-state index in [1.54, 1.807) is 0 Å². The Morgan fingerprint density at radius 3 is 2.67 bits per heavy atom. The predicted molar refractivity (Wildman–Crippen MR) is 86.0 cm³/mol. The predicted octanol–water partition coefficient (Wildman–Crippen LogP) is 3.18. The fraction of sp³-hybridized carbons (Fsp3) is 0.389. The summed E-state index contributed by atoms with van der Waals surface area (Å²) in [6.07, 6.45) is 4.96. The van der Waals surface area contributed by atoms with Crippen LogP contribution in [0.2, 0.25) is 0 Å². The van der Waals surface area contributed by atoms with Crippen LogP contribution < -0.4 is 5.32 Å². The van der Waals surface area contributed by atoms with E-state index in [9.17, 15) is 0 Å². The van der Waals surface area contributed by atoms with Crippen LogP contribution in [0.4, 0.5) is 0 Å². The number of pyridine rings is 1. The Bertz CT molecular complexity index is 541. The molecule has 2 atom stereocenters. The van der Waals surface area contributed by atoms with E-state index in [0.29, 0.717) is 12.1 Å². The van der Waals surface area contributed by atoms with Crippen LogP contribution in [0.1, 0.15) is 36.6 Å². The summed E-state index contributed by atoms with van der Waals surface area (Å²) < 4.78 is 0. The van der Waals surface area contributed by atoms with Gasteiger partial charge >= 0.3 is 0 Å². The van der Waals surface area contributed by atoms with Gasteiger partial charge in [0.05, 0.1) is 0 Å². The van der Waals surface area contributed by atoms with E-state index in [0.717, 1.165) is 19.6 Å². The number of hydrogen-bond acceptors (Lipinski definition) is 3. The molecule has 2 aromatic rings. The summed E-state index contributed by atoms with van der Waals surface area (Å²) in [7, 11) is 0. The fourth-order valence-corrected chi connectivity index (χ4v) is 3.06. The molecule has 2 heterocycles. The topological polar surface area (TPSA) is 28.2 Å². The highest BCUT2D eigenvalue weighted by Crippen LogP contribution is 2.25. The molecule has 1 saturated heterocycles. The Hall–Kier alpha value is -1.71. The standard InChI is InChI=1S/C18H23N3/c1-15(16-8-11-19-12-9-16)21-13-5-10-20-18(14-21)17-6-3-2-4-7-17/h2-4,6-9,11-12,15,18,20H,5,10,13-14H2,1H3. The smallest absolute Gasteiger partial charge is 0.0449 e. The third-order valence-electron chi connectivity index (χ3n) is 4.37. The molecule has 0 aliphatic carbocycles. The van der Waals surface area contributed by atoms with Crippen molar-refractivity contribution in [3.8, 4) is 0 Å². The maximum atomic E-state index is 4.12. The van der Waals surface area contributed by atoms with E-state index in [-0.39, 0.29) is 0 Å². The zero-order chi connectivity index (χ0) is 14.5. The molecule has 110 valence electrons. The lowest BCUT2D eigenvalue weighted by molar-refractivity contribution is 0.207. The van der Waals surface area contributed by atoms with Crippen LogP contribution in [0.15, 0.2) is 54.9 Å². The molecule has 3 nitrogen and oxygen atoms in total. The number of aromatic nitrogens is 1. The molecule has 1 N–H and O–H groups in total. The number of nitrogens with zero attached hydrogens (tertiary/aromatic N) is 2. The Kier molecular flexibility index (Phi) is 4.63. The lowest BCUT2D eigenvalue weighted by Crippen LogP contribution is -2.33. The molecule has 1 fully saturated rings. The van der Waals surface area contributed by atoms with Crippen molar-refractivity contribution >= 4 is 0 Å². The molecule has 0 bridgehead atoms. The molecule has 1 aliphatic rings. The molecule has 21 heavy (non-hydrogen) atoms.